The van der Waals surface area contributed by atoms with Crippen LogP contribution in [0.5, 0.6) is 0 Å². The maximum atomic E-state index is 12.0. The van der Waals surface area contributed by atoms with Crippen LogP contribution in [0.4, 0.5) is 0 Å². The first-order chi connectivity index (χ1) is 9.13. The zero-order valence-electron chi connectivity index (χ0n) is 11.6. The first-order valence-corrected chi connectivity index (χ1v) is 6.84. The van der Waals surface area contributed by atoms with Crippen LogP contribution in [0.2, 0.25) is 0 Å². The number of carbonyl (C=O) groups excluding carboxylic acids is 1. The first-order valence-electron chi connectivity index (χ1n) is 6.84. The summed E-state index contributed by atoms with van der Waals surface area (Å²) in [6.07, 6.45) is 3.03. The number of likely N-dealkylation sites (tertiary alicyclic amines) is 1. The van der Waals surface area contributed by atoms with Gasteiger partial charge in [-0.1, -0.05) is 0 Å². The summed E-state index contributed by atoms with van der Waals surface area (Å²) in [6, 6.07) is 0. The van der Waals surface area contributed by atoms with Crippen LogP contribution in [0.15, 0.2) is 0 Å². The number of ether oxygens (including phenoxy) is 1. The van der Waals surface area contributed by atoms with E-state index in [9.17, 15) is 9.59 Å². The van der Waals surface area contributed by atoms with E-state index in [0.29, 0.717) is 26.2 Å². The number of carboxylic acid groups (broad SMARTS) is 1. The highest BCUT2D eigenvalue weighted by atomic mass is 16.5. The lowest BCUT2D eigenvalue weighted by atomic mass is 10.3. The van der Waals surface area contributed by atoms with Crippen molar-refractivity contribution in [3.05, 3.63) is 0 Å². The van der Waals surface area contributed by atoms with Gasteiger partial charge in [0.25, 0.3) is 0 Å². The Bertz CT molecular complexity index is 290. The Hall–Kier alpha value is -1.14. The number of aliphatic carboxylic acids is 1. The fourth-order valence-corrected chi connectivity index (χ4v) is 2.21. The average Bonchev–Trinajstić information content (AvgIpc) is 2.89. The fourth-order valence-electron chi connectivity index (χ4n) is 2.21. The number of nitrogens with zero attached hydrogens (tertiary/aromatic N) is 2. The van der Waals surface area contributed by atoms with Crippen LogP contribution in [0, 0.1) is 0 Å². The molecule has 1 N–H and O–H groups in total. The van der Waals surface area contributed by atoms with Crippen molar-refractivity contribution >= 4 is 11.9 Å². The third-order valence-corrected chi connectivity index (χ3v) is 3.28. The summed E-state index contributed by atoms with van der Waals surface area (Å²) in [6.45, 7) is 3.73. The van der Waals surface area contributed by atoms with Crippen molar-refractivity contribution in [2.24, 2.45) is 0 Å². The van der Waals surface area contributed by atoms with Crippen molar-refractivity contribution in [2.75, 3.05) is 46.4 Å². The molecule has 6 nitrogen and oxygen atoms in total. The van der Waals surface area contributed by atoms with Gasteiger partial charge in [0.05, 0.1) is 13.0 Å². The zero-order valence-corrected chi connectivity index (χ0v) is 11.6. The standard InChI is InChI=1S/C13H24N2O4/c1-19-10-4-6-14(9-5-13(17)18)11-12(16)15-7-2-3-8-15/h2-11H2,1H3,(H,17,18). The molecule has 0 aromatic rings. The molecule has 0 radical (unpaired) electrons. The van der Waals surface area contributed by atoms with Gasteiger partial charge in [-0.2, -0.15) is 0 Å². The molecule has 0 aliphatic carbocycles. The molecule has 19 heavy (non-hydrogen) atoms. The first kappa shape index (κ1) is 15.9. The van der Waals surface area contributed by atoms with Gasteiger partial charge in [0.15, 0.2) is 0 Å². The second-order valence-electron chi connectivity index (χ2n) is 4.85. The molecule has 0 bridgehead atoms. The van der Waals surface area contributed by atoms with Crippen LogP contribution in [-0.2, 0) is 14.3 Å². The minimum atomic E-state index is -0.828. The summed E-state index contributed by atoms with van der Waals surface area (Å²) in [5.41, 5.74) is 0. The van der Waals surface area contributed by atoms with Crippen molar-refractivity contribution in [1.29, 1.82) is 0 Å². The third-order valence-electron chi connectivity index (χ3n) is 3.28. The summed E-state index contributed by atoms with van der Waals surface area (Å²) >= 11 is 0. The summed E-state index contributed by atoms with van der Waals surface area (Å²) in [5, 5.41) is 8.73. The normalized spacial score (nSPS) is 15.2. The zero-order chi connectivity index (χ0) is 14.1. The van der Waals surface area contributed by atoms with Crippen LogP contribution < -0.4 is 0 Å². The number of rotatable bonds is 9. The quantitative estimate of drug-likeness (QED) is 0.616. The predicted molar refractivity (Wildman–Crippen MR) is 71.0 cm³/mol. The molecule has 0 aromatic heterocycles. The summed E-state index contributed by atoms with van der Waals surface area (Å²) in [4.78, 5) is 26.4. The van der Waals surface area contributed by atoms with Crippen LogP contribution in [-0.4, -0.2) is 73.2 Å². The molecule has 0 atom stereocenters. The molecular formula is C13H24N2O4. The van der Waals surface area contributed by atoms with E-state index >= 15 is 0 Å². The Morgan fingerprint density at radius 2 is 1.95 bits per heavy atom. The minimum absolute atomic E-state index is 0.0697. The maximum absolute atomic E-state index is 12.0. The maximum Gasteiger partial charge on any atom is 0.304 e. The number of carboxylic acids is 1. The topological polar surface area (TPSA) is 70.1 Å². The van der Waals surface area contributed by atoms with Crippen LogP contribution >= 0.6 is 0 Å². The van der Waals surface area contributed by atoms with Gasteiger partial charge in [0.2, 0.25) is 5.91 Å². The van der Waals surface area contributed by atoms with E-state index in [2.05, 4.69) is 0 Å². The van der Waals surface area contributed by atoms with E-state index in [0.717, 1.165) is 32.4 Å². The molecule has 0 spiro atoms. The van der Waals surface area contributed by atoms with Crippen molar-refractivity contribution < 1.29 is 19.4 Å². The van der Waals surface area contributed by atoms with Gasteiger partial charge in [-0.25, -0.2) is 0 Å². The van der Waals surface area contributed by atoms with Crippen molar-refractivity contribution in [3.63, 3.8) is 0 Å². The average molecular weight is 272 g/mol. The van der Waals surface area contributed by atoms with E-state index in [-0.39, 0.29) is 12.3 Å². The van der Waals surface area contributed by atoms with E-state index in [1.807, 2.05) is 9.80 Å². The molecule has 0 saturated carbocycles. The van der Waals surface area contributed by atoms with Gasteiger partial charge < -0.3 is 14.7 Å². The van der Waals surface area contributed by atoms with Crippen LogP contribution in [0.1, 0.15) is 25.7 Å². The van der Waals surface area contributed by atoms with Crippen molar-refractivity contribution in [3.8, 4) is 0 Å². The molecule has 1 aliphatic heterocycles. The Morgan fingerprint density at radius 1 is 1.26 bits per heavy atom. The Labute approximate surface area is 114 Å². The Kier molecular flexibility index (Phi) is 7.43. The van der Waals surface area contributed by atoms with Crippen LogP contribution in [0.25, 0.3) is 0 Å². The summed E-state index contributed by atoms with van der Waals surface area (Å²) in [5.74, 6) is -0.717. The molecular weight excluding hydrogens is 248 g/mol. The van der Waals surface area contributed by atoms with E-state index < -0.39 is 5.97 Å². The molecule has 1 fully saturated rings. The smallest absolute Gasteiger partial charge is 0.304 e. The lowest BCUT2D eigenvalue weighted by Crippen LogP contribution is -2.40. The largest absolute Gasteiger partial charge is 0.481 e. The lowest BCUT2D eigenvalue weighted by Gasteiger charge is -2.24. The molecule has 1 amide bonds. The van der Waals surface area contributed by atoms with Crippen molar-refractivity contribution in [1.82, 2.24) is 9.80 Å². The summed E-state index contributed by atoms with van der Waals surface area (Å²) < 4.78 is 4.98. The van der Waals surface area contributed by atoms with Gasteiger partial charge in [-0.3, -0.25) is 14.5 Å². The number of amides is 1. The molecule has 1 rings (SSSR count). The van der Waals surface area contributed by atoms with Crippen LogP contribution in [0.3, 0.4) is 0 Å². The van der Waals surface area contributed by atoms with Gasteiger partial charge in [0, 0.05) is 39.9 Å². The van der Waals surface area contributed by atoms with Gasteiger partial charge >= 0.3 is 5.97 Å². The number of carbonyl (C=O) groups is 2. The second-order valence-corrected chi connectivity index (χ2v) is 4.85. The molecule has 0 aromatic carbocycles. The Morgan fingerprint density at radius 3 is 2.53 bits per heavy atom. The monoisotopic (exact) mass is 272 g/mol. The highest BCUT2D eigenvalue weighted by Crippen LogP contribution is 2.08. The lowest BCUT2D eigenvalue weighted by molar-refractivity contribution is -0.138. The third kappa shape index (κ3) is 6.54. The molecule has 110 valence electrons. The van der Waals surface area contributed by atoms with E-state index in [1.54, 1.807) is 7.11 Å². The second kappa shape index (κ2) is 8.87. The highest BCUT2D eigenvalue weighted by molar-refractivity contribution is 5.78. The molecule has 0 unspecified atom stereocenters. The SMILES string of the molecule is COCCCN(CCC(=O)O)CC(=O)N1CCCC1. The number of methoxy groups -OCH3 is 1. The molecule has 1 heterocycles. The van der Waals surface area contributed by atoms with E-state index in [4.69, 9.17) is 9.84 Å². The van der Waals surface area contributed by atoms with Gasteiger partial charge in [-0.05, 0) is 19.3 Å². The van der Waals surface area contributed by atoms with Crippen molar-refractivity contribution in [2.45, 2.75) is 25.7 Å². The molecule has 1 aliphatic rings. The predicted octanol–water partition coefficient (Wildman–Crippen LogP) is 0.422. The highest BCUT2D eigenvalue weighted by Gasteiger charge is 2.20. The number of hydrogen-bond acceptors (Lipinski definition) is 4. The number of hydrogen-bond donors (Lipinski definition) is 1. The minimum Gasteiger partial charge on any atom is -0.481 e. The van der Waals surface area contributed by atoms with Gasteiger partial charge in [-0.15, -0.1) is 0 Å². The fraction of sp³-hybridized carbons (Fsp3) is 0.846. The van der Waals surface area contributed by atoms with E-state index in [1.165, 1.54) is 0 Å². The Balaban J connectivity index is 2.36. The summed E-state index contributed by atoms with van der Waals surface area (Å²) in [7, 11) is 1.64. The molecule has 6 heteroatoms. The van der Waals surface area contributed by atoms with Gasteiger partial charge in [0.1, 0.15) is 0 Å². The molecule has 1 saturated heterocycles.